The van der Waals surface area contributed by atoms with Crippen molar-refractivity contribution in [1.82, 2.24) is 20.3 Å². The molecule has 0 bridgehead atoms. The van der Waals surface area contributed by atoms with Crippen molar-refractivity contribution >= 4 is 39.0 Å². The SMILES string of the molecule is COCCN(C)Cc1ccc(-c2cc3nccc(Oc4ccc(NC(=O)NNc5ccccc5)cc4F)c3s2)nc1. The molecule has 3 aromatic heterocycles. The largest absolute Gasteiger partial charge is 0.453 e. The maximum atomic E-state index is 15.0. The van der Waals surface area contributed by atoms with Crippen molar-refractivity contribution in [3.05, 3.63) is 96.6 Å². The van der Waals surface area contributed by atoms with Crippen LogP contribution in [0.15, 0.2) is 85.2 Å². The van der Waals surface area contributed by atoms with Crippen LogP contribution in [0.4, 0.5) is 20.6 Å². The highest BCUT2D eigenvalue weighted by atomic mass is 32.1. The van der Waals surface area contributed by atoms with E-state index >= 15 is 0 Å². The number of hydrogen-bond acceptors (Lipinski definition) is 8. The Morgan fingerprint density at radius 2 is 1.85 bits per heavy atom. The number of nitrogens with zero attached hydrogens (tertiary/aromatic N) is 3. The third-order valence-electron chi connectivity index (χ3n) is 6.09. The minimum absolute atomic E-state index is 0.0286. The van der Waals surface area contributed by atoms with Crippen molar-refractivity contribution in [1.29, 1.82) is 0 Å². The molecule has 9 nitrogen and oxygen atoms in total. The summed E-state index contributed by atoms with van der Waals surface area (Å²) in [5.74, 6) is -0.110. The van der Waals surface area contributed by atoms with Gasteiger partial charge in [-0.05, 0) is 49.0 Å². The Morgan fingerprint density at radius 1 is 1.00 bits per heavy atom. The fourth-order valence-electron chi connectivity index (χ4n) is 4.02. The second-order valence-corrected chi connectivity index (χ2v) is 10.3. The van der Waals surface area contributed by atoms with Gasteiger partial charge in [-0.3, -0.25) is 25.7 Å². The second-order valence-electron chi connectivity index (χ2n) is 9.23. The Kier molecular flexibility index (Phi) is 8.99. The number of fused-ring (bicyclic) bond motifs is 1. The molecule has 2 aromatic carbocycles. The molecule has 2 amide bonds. The minimum atomic E-state index is -0.617. The molecule has 3 heterocycles. The Bertz CT molecular complexity index is 1610. The quantitative estimate of drug-likeness (QED) is 0.155. The number of ether oxygens (including phenoxy) is 2. The van der Waals surface area contributed by atoms with Gasteiger partial charge in [-0.15, -0.1) is 11.3 Å². The summed E-state index contributed by atoms with van der Waals surface area (Å²) in [6.07, 6.45) is 3.50. The first-order valence-corrected chi connectivity index (χ1v) is 13.7. The standard InChI is InChI=1S/C30H29FN6O3S/c1-37(14-15-39-2)19-20-8-10-24(33-18-20)28-17-25-29(41-28)27(12-13-32-25)40-26-11-9-22(16-23(26)31)34-30(38)36-35-21-6-4-3-5-7-21/h3-13,16-18,35H,14-15,19H2,1-2H3,(H2,34,36,38). The average molecular weight is 573 g/mol. The van der Waals surface area contributed by atoms with Crippen LogP contribution in [0.25, 0.3) is 20.8 Å². The number of amides is 2. The van der Waals surface area contributed by atoms with E-state index < -0.39 is 11.8 Å². The summed E-state index contributed by atoms with van der Waals surface area (Å²) in [6.45, 7) is 2.29. The van der Waals surface area contributed by atoms with Crippen molar-refractivity contribution in [2.24, 2.45) is 0 Å². The van der Waals surface area contributed by atoms with Crippen LogP contribution in [0.2, 0.25) is 0 Å². The number of hydrogen-bond donors (Lipinski definition) is 3. The van der Waals surface area contributed by atoms with Gasteiger partial charge in [-0.1, -0.05) is 24.3 Å². The lowest BCUT2D eigenvalue weighted by Gasteiger charge is -2.15. The molecular formula is C30H29FN6O3S. The van der Waals surface area contributed by atoms with E-state index in [0.717, 1.165) is 39.4 Å². The molecule has 0 saturated heterocycles. The van der Waals surface area contributed by atoms with Gasteiger partial charge in [-0.25, -0.2) is 9.18 Å². The third-order valence-corrected chi connectivity index (χ3v) is 7.25. The van der Waals surface area contributed by atoms with Gasteiger partial charge in [0.15, 0.2) is 11.6 Å². The number of aromatic nitrogens is 2. The van der Waals surface area contributed by atoms with Crippen LogP contribution in [0.1, 0.15) is 5.56 Å². The Balaban J connectivity index is 1.25. The molecule has 5 aromatic rings. The summed E-state index contributed by atoms with van der Waals surface area (Å²) in [6, 6.07) is 20.5. The van der Waals surface area contributed by atoms with Gasteiger partial charge < -0.3 is 14.8 Å². The highest BCUT2D eigenvalue weighted by Gasteiger charge is 2.14. The number of carbonyl (C=O) groups excluding carboxylic acids is 1. The zero-order valence-corrected chi connectivity index (χ0v) is 23.4. The first-order valence-electron chi connectivity index (χ1n) is 12.9. The summed E-state index contributed by atoms with van der Waals surface area (Å²) in [7, 11) is 3.74. The van der Waals surface area contributed by atoms with Gasteiger partial charge in [0.1, 0.15) is 5.75 Å². The van der Waals surface area contributed by atoms with Crippen molar-refractivity contribution in [2.45, 2.75) is 6.54 Å². The second kappa shape index (κ2) is 13.2. The molecule has 0 atom stereocenters. The lowest BCUT2D eigenvalue weighted by molar-refractivity contribution is 0.158. The van der Waals surface area contributed by atoms with E-state index in [-0.39, 0.29) is 11.4 Å². The molecule has 11 heteroatoms. The smallest absolute Gasteiger partial charge is 0.337 e. The highest BCUT2D eigenvalue weighted by Crippen LogP contribution is 2.39. The van der Waals surface area contributed by atoms with E-state index in [9.17, 15) is 9.18 Å². The molecule has 5 rings (SSSR count). The number of likely N-dealkylation sites (N-methyl/N-ethyl adjacent to an activating group) is 1. The van der Waals surface area contributed by atoms with Gasteiger partial charge in [0.05, 0.1) is 33.1 Å². The lowest BCUT2D eigenvalue weighted by atomic mass is 10.2. The zero-order chi connectivity index (χ0) is 28.6. The lowest BCUT2D eigenvalue weighted by Crippen LogP contribution is -2.33. The Morgan fingerprint density at radius 3 is 2.61 bits per heavy atom. The van der Waals surface area contributed by atoms with E-state index in [1.54, 1.807) is 37.6 Å². The maximum Gasteiger partial charge on any atom is 0.337 e. The monoisotopic (exact) mass is 572 g/mol. The molecule has 210 valence electrons. The molecule has 0 unspecified atom stereocenters. The number of urea groups is 1. The van der Waals surface area contributed by atoms with Crippen molar-refractivity contribution in [3.8, 4) is 22.1 Å². The fourth-order valence-corrected chi connectivity index (χ4v) is 5.06. The number of carbonyl (C=O) groups is 1. The van der Waals surface area contributed by atoms with Crippen LogP contribution in [-0.2, 0) is 11.3 Å². The molecule has 0 fully saturated rings. The number of benzene rings is 2. The molecule has 0 aliphatic carbocycles. The molecular weight excluding hydrogens is 543 g/mol. The van der Waals surface area contributed by atoms with Crippen LogP contribution < -0.4 is 20.9 Å². The van der Waals surface area contributed by atoms with Crippen molar-refractivity contribution in [2.75, 3.05) is 38.1 Å². The maximum absolute atomic E-state index is 15.0. The minimum Gasteiger partial charge on any atom is -0.453 e. The fraction of sp³-hybridized carbons (Fsp3) is 0.167. The van der Waals surface area contributed by atoms with E-state index in [1.165, 1.54) is 23.5 Å². The van der Waals surface area contributed by atoms with Crippen LogP contribution in [0.5, 0.6) is 11.5 Å². The summed E-state index contributed by atoms with van der Waals surface area (Å²) in [5, 5.41) is 2.59. The Labute approximate surface area is 240 Å². The normalized spacial score (nSPS) is 11.0. The van der Waals surface area contributed by atoms with Gasteiger partial charge in [-0.2, -0.15) is 0 Å². The predicted molar refractivity (Wildman–Crippen MR) is 160 cm³/mol. The number of nitrogens with one attached hydrogen (secondary N) is 3. The van der Waals surface area contributed by atoms with Crippen LogP contribution in [-0.4, -0.2) is 48.2 Å². The number of methoxy groups -OCH3 is 1. The van der Waals surface area contributed by atoms with Crippen LogP contribution in [0, 0.1) is 5.82 Å². The molecule has 0 saturated carbocycles. The van der Waals surface area contributed by atoms with E-state index in [4.69, 9.17) is 9.47 Å². The van der Waals surface area contributed by atoms with Crippen LogP contribution >= 0.6 is 11.3 Å². The molecule has 41 heavy (non-hydrogen) atoms. The van der Waals surface area contributed by atoms with E-state index in [1.807, 2.05) is 43.6 Å². The molecule has 0 aliphatic rings. The van der Waals surface area contributed by atoms with E-state index in [2.05, 4.69) is 37.1 Å². The number of hydrazine groups is 1. The summed E-state index contributed by atoms with van der Waals surface area (Å²) >= 11 is 1.48. The zero-order valence-electron chi connectivity index (χ0n) is 22.6. The topological polar surface area (TPSA) is 101 Å². The number of rotatable bonds is 11. The summed E-state index contributed by atoms with van der Waals surface area (Å²) < 4.78 is 26.8. The molecule has 0 aliphatic heterocycles. The first kappa shape index (κ1) is 28.0. The molecule has 0 radical (unpaired) electrons. The summed E-state index contributed by atoms with van der Waals surface area (Å²) in [5.41, 5.74) is 8.93. The average Bonchev–Trinajstić information content (AvgIpc) is 3.43. The third kappa shape index (κ3) is 7.34. The molecule has 0 spiro atoms. The number of thiophene rings is 1. The number of anilines is 2. The Hall–Kier alpha value is -4.58. The number of halogens is 1. The van der Waals surface area contributed by atoms with Crippen molar-refractivity contribution < 1.29 is 18.7 Å². The van der Waals surface area contributed by atoms with Crippen LogP contribution in [0.3, 0.4) is 0 Å². The van der Waals surface area contributed by atoms with Gasteiger partial charge in [0.25, 0.3) is 0 Å². The highest BCUT2D eigenvalue weighted by molar-refractivity contribution is 7.22. The number of pyridine rings is 2. The van der Waals surface area contributed by atoms with Crippen molar-refractivity contribution in [3.63, 3.8) is 0 Å². The summed E-state index contributed by atoms with van der Waals surface area (Å²) in [4.78, 5) is 24.4. The van der Waals surface area contributed by atoms with Gasteiger partial charge in [0.2, 0.25) is 0 Å². The van der Waals surface area contributed by atoms with Gasteiger partial charge >= 0.3 is 6.03 Å². The predicted octanol–water partition coefficient (Wildman–Crippen LogP) is 6.52. The van der Waals surface area contributed by atoms with E-state index in [0.29, 0.717) is 18.0 Å². The van der Waals surface area contributed by atoms with Gasteiger partial charge in [0, 0.05) is 50.4 Å². The first-order chi connectivity index (χ1) is 20.0. The molecule has 3 N–H and O–H groups in total. The number of para-hydroxylation sites is 1.